The monoisotopic (exact) mass is 902 g/mol. The Morgan fingerprint density at radius 3 is 1.08 bits per heavy atom. The molecule has 0 aliphatic rings. The summed E-state index contributed by atoms with van der Waals surface area (Å²) in [4.78, 5) is 23.9. The molecule has 9 heteroatoms. The summed E-state index contributed by atoms with van der Waals surface area (Å²) in [6, 6.07) is 22.1. The molecule has 0 saturated carbocycles. The first kappa shape index (κ1) is 51.4. The highest BCUT2D eigenvalue weighted by Gasteiger charge is 2.17. The van der Waals surface area contributed by atoms with Gasteiger partial charge in [0.05, 0.1) is 13.2 Å². The molecular weight excluding hydrogens is 831 g/mol. The first-order valence-corrected chi connectivity index (χ1v) is 24.5. The number of rotatable bonds is 32. The van der Waals surface area contributed by atoms with E-state index in [1.807, 2.05) is 36.4 Å². The molecule has 0 aliphatic heterocycles. The Kier molecular flexibility index (Phi) is 24.5. The molecule has 0 heterocycles. The number of carbonyl (C=O) groups is 2. The summed E-state index contributed by atoms with van der Waals surface area (Å²) in [5.74, 6) is 2.50. The van der Waals surface area contributed by atoms with Crippen molar-refractivity contribution in [2.75, 3.05) is 13.2 Å². The normalized spacial score (nSPS) is 11.1. The summed E-state index contributed by atoms with van der Waals surface area (Å²) in [5.41, 5.74) is 3.24. The molecule has 0 fully saturated rings. The molecular formula is C54H72Cl2O7. The Labute approximate surface area is 388 Å². The Bertz CT molecular complexity index is 1820. The van der Waals surface area contributed by atoms with Crippen molar-refractivity contribution in [3.05, 3.63) is 105 Å². The first-order chi connectivity index (χ1) is 30.6. The van der Waals surface area contributed by atoms with E-state index in [4.69, 9.17) is 46.9 Å². The molecule has 0 radical (unpaired) electrons. The van der Waals surface area contributed by atoms with Gasteiger partial charge in [-0.1, -0.05) is 165 Å². The van der Waals surface area contributed by atoms with Crippen LogP contribution in [0.25, 0.3) is 0 Å². The zero-order valence-corrected chi connectivity index (χ0v) is 40.0. The van der Waals surface area contributed by atoms with Gasteiger partial charge in [-0.2, -0.15) is 0 Å². The molecule has 7 nitrogen and oxygen atoms in total. The lowest BCUT2D eigenvalue weighted by Gasteiger charge is -2.17. The van der Waals surface area contributed by atoms with Crippen molar-refractivity contribution in [2.45, 2.75) is 169 Å². The minimum Gasteiger partial charge on any atom is -0.494 e. The average molecular weight is 904 g/mol. The van der Waals surface area contributed by atoms with Crippen molar-refractivity contribution in [3.8, 4) is 34.5 Å². The maximum Gasteiger partial charge on any atom is 0.308 e. The van der Waals surface area contributed by atoms with Crippen molar-refractivity contribution in [1.29, 1.82) is 0 Å². The molecule has 0 aromatic heterocycles. The zero-order chi connectivity index (χ0) is 45.1. The third-order valence-electron chi connectivity index (χ3n) is 11.2. The molecule has 0 saturated heterocycles. The number of esters is 2. The number of halogens is 2. The molecule has 0 amide bonds. The van der Waals surface area contributed by atoms with Crippen LogP contribution in [-0.2, 0) is 22.4 Å². The Balaban J connectivity index is 1.40. The lowest BCUT2D eigenvalue weighted by molar-refractivity contribution is -0.132. The fourth-order valence-corrected chi connectivity index (χ4v) is 8.13. The predicted octanol–water partition coefficient (Wildman–Crippen LogP) is 16.4. The number of ether oxygens (including phenoxy) is 5. The third-order valence-corrected chi connectivity index (χ3v) is 11.9. The van der Waals surface area contributed by atoms with Crippen molar-refractivity contribution in [3.63, 3.8) is 0 Å². The van der Waals surface area contributed by atoms with Crippen LogP contribution in [0.5, 0.6) is 34.5 Å². The molecule has 63 heavy (non-hydrogen) atoms. The van der Waals surface area contributed by atoms with E-state index in [1.54, 1.807) is 36.4 Å². The molecule has 0 atom stereocenters. The predicted molar refractivity (Wildman–Crippen MR) is 259 cm³/mol. The molecule has 4 rings (SSSR count). The lowest BCUT2D eigenvalue weighted by atomic mass is 10.0. The molecule has 4 aromatic rings. The largest absolute Gasteiger partial charge is 0.494 e. The van der Waals surface area contributed by atoms with Crippen molar-refractivity contribution >= 4 is 35.1 Å². The maximum absolute atomic E-state index is 11.9. The summed E-state index contributed by atoms with van der Waals surface area (Å²) < 4.78 is 29.8. The van der Waals surface area contributed by atoms with E-state index in [2.05, 4.69) is 13.8 Å². The summed E-state index contributed by atoms with van der Waals surface area (Å²) in [6.45, 7) is 8.55. The van der Waals surface area contributed by atoms with Crippen LogP contribution in [0.2, 0.25) is 10.0 Å². The Hall–Kier alpha value is -4.20. The lowest BCUT2D eigenvalue weighted by Crippen LogP contribution is -2.04. The van der Waals surface area contributed by atoms with E-state index < -0.39 is 11.9 Å². The van der Waals surface area contributed by atoms with Gasteiger partial charge in [-0.15, -0.1) is 0 Å². The molecule has 0 unspecified atom stereocenters. The van der Waals surface area contributed by atoms with Crippen LogP contribution >= 0.6 is 23.2 Å². The Morgan fingerprint density at radius 2 is 0.746 bits per heavy atom. The minimum atomic E-state index is -0.424. The molecule has 4 aromatic carbocycles. The second-order valence-electron chi connectivity index (χ2n) is 16.7. The van der Waals surface area contributed by atoms with Gasteiger partial charge in [0.1, 0.15) is 34.5 Å². The minimum absolute atomic E-state index is 0.394. The topological polar surface area (TPSA) is 80.3 Å². The van der Waals surface area contributed by atoms with Gasteiger partial charge in [0.15, 0.2) is 0 Å². The molecule has 344 valence electrons. The van der Waals surface area contributed by atoms with Gasteiger partial charge in [0.25, 0.3) is 0 Å². The summed E-state index contributed by atoms with van der Waals surface area (Å²) >= 11 is 13.7. The fourth-order valence-electron chi connectivity index (χ4n) is 7.66. The van der Waals surface area contributed by atoms with E-state index in [0.29, 0.717) is 59.1 Å². The highest BCUT2D eigenvalue weighted by Crippen LogP contribution is 2.37. The number of unbranched alkanes of at least 4 members (excludes halogenated alkanes) is 18. The summed E-state index contributed by atoms with van der Waals surface area (Å²) in [7, 11) is 0. The quantitative estimate of drug-likeness (QED) is 0.0274. The second kappa shape index (κ2) is 30.0. The molecule has 0 N–H and O–H groups in total. The standard InChI is InChI=1S/C54H72Cl2O7/c1-5-7-9-11-13-15-17-19-21-23-33-59-47-27-25-43(51(55)39-47)35-45-37-49(61-41(3)57)29-31-53(45)63-54-32-30-50(62-42(4)58)38-46(54)36-44-26-28-48(40-52(44)56)60-34-24-22-20-18-16-14-12-10-8-6-2/h25-32,37-40H,5-24,33-36H2,1-4H3. The van der Waals surface area contributed by atoms with Crippen molar-refractivity contribution < 1.29 is 33.3 Å². The van der Waals surface area contributed by atoms with Gasteiger partial charge in [0, 0.05) is 47.9 Å². The molecule has 0 spiro atoms. The fraction of sp³-hybridized carbons (Fsp3) is 0.519. The van der Waals surface area contributed by atoms with Crippen LogP contribution in [-0.4, -0.2) is 25.2 Å². The van der Waals surface area contributed by atoms with E-state index in [0.717, 1.165) is 59.4 Å². The van der Waals surface area contributed by atoms with Crippen LogP contribution in [0.1, 0.15) is 178 Å². The zero-order valence-electron chi connectivity index (χ0n) is 38.5. The third kappa shape index (κ3) is 20.5. The SMILES string of the molecule is CCCCCCCCCCCCOc1ccc(Cc2cc(OC(C)=O)ccc2Oc2ccc(OC(C)=O)cc2Cc2ccc(OCCCCCCCCCCCC)cc2Cl)c(Cl)c1. The van der Waals surface area contributed by atoms with Crippen LogP contribution in [0.3, 0.4) is 0 Å². The number of benzene rings is 4. The highest BCUT2D eigenvalue weighted by molar-refractivity contribution is 6.31. The van der Waals surface area contributed by atoms with Crippen LogP contribution in [0, 0.1) is 0 Å². The number of carbonyl (C=O) groups excluding carboxylic acids is 2. The van der Waals surface area contributed by atoms with Gasteiger partial charge in [-0.05, 0) is 84.6 Å². The van der Waals surface area contributed by atoms with Gasteiger partial charge < -0.3 is 23.7 Å². The summed E-state index contributed by atoms with van der Waals surface area (Å²) in [5, 5.41) is 1.13. The van der Waals surface area contributed by atoms with Gasteiger partial charge >= 0.3 is 11.9 Å². The number of hydrogen-bond acceptors (Lipinski definition) is 7. The molecule has 0 aliphatic carbocycles. The van der Waals surface area contributed by atoms with Gasteiger partial charge in [0.2, 0.25) is 0 Å². The van der Waals surface area contributed by atoms with Crippen LogP contribution in [0.4, 0.5) is 0 Å². The van der Waals surface area contributed by atoms with E-state index in [-0.39, 0.29) is 0 Å². The molecule has 0 bridgehead atoms. The van der Waals surface area contributed by atoms with E-state index in [1.165, 1.54) is 117 Å². The highest BCUT2D eigenvalue weighted by atomic mass is 35.5. The van der Waals surface area contributed by atoms with Gasteiger partial charge in [-0.3, -0.25) is 9.59 Å². The van der Waals surface area contributed by atoms with Crippen LogP contribution in [0.15, 0.2) is 72.8 Å². The second-order valence-corrected chi connectivity index (χ2v) is 17.6. The van der Waals surface area contributed by atoms with Crippen molar-refractivity contribution in [1.82, 2.24) is 0 Å². The smallest absolute Gasteiger partial charge is 0.308 e. The maximum atomic E-state index is 11.9. The van der Waals surface area contributed by atoms with E-state index in [9.17, 15) is 9.59 Å². The average Bonchev–Trinajstić information content (AvgIpc) is 3.25. The van der Waals surface area contributed by atoms with Crippen LogP contribution < -0.4 is 23.7 Å². The van der Waals surface area contributed by atoms with Gasteiger partial charge in [-0.25, -0.2) is 0 Å². The first-order valence-electron chi connectivity index (χ1n) is 23.8. The summed E-state index contributed by atoms with van der Waals surface area (Å²) in [6.07, 6.45) is 26.2. The number of hydrogen-bond donors (Lipinski definition) is 0. The Morgan fingerprint density at radius 1 is 0.413 bits per heavy atom. The van der Waals surface area contributed by atoms with E-state index >= 15 is 0 Å². The van der Waals surface area contributed by atoms with Crippen molar-refractivity contribution in [2.24, 2.45) is 0 Å².